The topological polar surface area (TPSA) is 107 Å². The molecular formula is C28H26N4O5. The van der Waals surface area contributed by atoms with Crippen LogP contribution in [0.25, 0.3) is 5.69 Å². The van der Waals surface area contributed by atoms with E-state index in [1.807, 2.05) is 62.4 Å². The van der Waals surface area contributed by atoms with Gasteiger partial charge in [-0.2, -0.15) is 5.10 Å². The maximum atomic E-state index is 13.1. The van der Waals surface area contributed by atoms with Crippen LogP contribution in [0.2, 0.25) is 0 Å². The number of furan rings is 1. The van der Waals surface area contributed by atoms with Gasteiger partial charge in [0, 0.05) is 19.0 Å². The van der Waals surface area contributed by atoms with Gasteiger partial charge in [-0.25, -0.2) is 9.48 Å². The van der Waals surface area contributed by atoms with Crippen LogP contribution in [0.15, 0.2) is 77.4 Å². The fraction of sp³-hybridized carbons (Fsp3) is 0.214. The molecule has 0 fully saturated rings. The zero-order valence-electron chi connectivity index (χ0n) is 20.5. The normalized spacial score (nSPS) is 14.6. The zero-order valence-corrected chi connectivity index (χ0v) is 20.5. The van der Waals surface area contributed by atoms with E-state index in [9.17, 15) is 14.4 Å². The highest BCUT2D eigenvalue weighted by molar-refractivity contribution is 5.96. The van der Waals surface area contributed by atoms with E-state index < -0.39 is 30.4 Å². The molecule has 0 spiro atoms. The van der Waals surface area contributed by atoms with Crippen molar-refractivity contribution >= 4 is 23.6 Å². The summed E-state index contributed by atoms with van der Waals surface area (Å²) in [6.45, 7) is 3.55. The van der Waals surface area contributed by atoms with E-state index in [1.54, 1.807) is 22.9 Å². The predicted molar refractivity (Wildman–Crippen MR) is 135 cm³/mol. The number of rotatable bonds is 6. The summed E-state index contributed by atoms with van der Waals surface area (Å²) < 4.78 is 12.3. The minimum absolute atomic E-state index is 0.134. The lowest BCUT2D eigenvalue weighted by Gasteiger charge is -2.34. The number of benzene rings is 2. The van der Waals surface area contributed by atoms with Gasteiger partial charge < -0.3 is 19.4 Å². The molecule has 4 aromatic rings. The molecule has 1 aliphatic heterocycles. The third-order valence-electron chi connectivity index (χ3n) is 6.24. The molecule has 5 rings (SSSR count). The minimum Gasteiger partial charge on any atom is -0.459 e. The van der Waals surface area contributed by atoms with Gasteiger partial charge in [-0.15, -0.1) is 0 Å². The number of carbonyl (C=O) groups is 3. The highest BCUT2D eigenvalue weighted by Gasteiger charge is 2.37. The number of amides is 2. The van der Waals surface area contributed by atoms with Crippen LogP contribution >= 0.6 is 0 Å². The van der Waals surface area contributed by atoms with Crippen molar-refractivity contribution in [2.75, 3.05) is 11.9 Å². The molecular weight excluding hydrogens is 472 g/mol. The van der Waals surface area contributed by atoms with Gasteiger partial charge in [0.25, 0.3) is 11.8 Å². The standard InChI is InChI=1S/C28H26N4O5/c1-18-9-11-22(12-10-18)32-25(14-19(2)30-32)29-26(33)17-37-28(35)23-15-20-6-3-4-7-21(20)16-31(23)27(34)24-8-5-13-36-24/h3-14,23H,15-17H2,1-2H3,(H,29,33)/t23-/m0/s1. The van der Waals surface area contributed by atoms with Crippen LogP contribution in [0.5, 0.6) is 0 Å². The average Bonchev–Trinajstić information content (AvgIpc) is 3.56. The van der Waals surface area contributed by atoms with Gasteiger partial charge in [-0.05, 0) is 49.2 Å². The van der Waals surface area contributed by atoms with Crippen molar-refractivity contribution in [3.05, 3.63) is 101 Å². The zero-order chi connectivity index (χ0) is 25.9. The van der Waals surface area contributed by atoms with E-state index in [1.165, 1.54) is 11.2 Å². The van der Waals surface area contributed by atoms with E-state index in [2.05, 4.69) is 10.4 Å². The molecule has 0 unspecified atom stereocenters. The molecule has 2 amide bonds. The molecule has 0 bridgehead atoms. The van der Waals surface area contributed by atoms with Crippen molar-refractivity contribution in [3.8, 4) is 5.69 Å². The lowest BCUT2D eigenvalue weighted by atomic mass is 9.93. The van der Waals surface area contributed by atoms with Gasteiger partial charge in [0.2, 0.25) is 0 Å². The summed E-state index contributed by atoms with van der Waals surface area (Å²) in [6.07, 6.45) is 1.69. The molecule has 2 aromatic carbocycles. The van der Waals surface area contributed by atoms with Crippen molar-refractivity contribution in [2.24, 2.45) is 0 Å². The molecule has 0 aliphatic carbocycles. The fourth-order valence-corrected chi connectivity index (χ4v) is 4.37. The van der Waals surface area contributed by atoms with Crippen molar-refractivity contribution < 1.29 is 23.5 Å². The van der Waals surface area contributed by atoms with Crippen LogP contribution in [0.1, 0.15) is 32.9 Å². The Morgan fingerprint density at radius 3 is 2.51 bits per heavy atom. The highest BCUT2D eigenvalue weighted by atomic mass is 16.5. The van der Waals surface area contributed by atoms with Crippen LogP contribution in [0, 0.1) is 13.8 Å². The number of aryl methyl sites for hydroxylation is 2. The first-order valence-electron chi connectivity index (χ1n) is 11.9. The molecule has 1 N–H and O–H groups in total. The van der Waals surface area contributed by atoms with Gasteiger partial charge in [0.1, 0.15) is 11.9 Å². The number of nitrogens with one attached hydrogen (secondary N) is 1. The molecule has 2 aromatic heterocycles. The number of hydrogen-bond donors (Lipinski definition) is 1. The van der Waals surface area contributed by atoms with Crippen molar-refractivity contribution in [1.29, 1.82) is 0 Å². The third kappa shape index (κ3) is 5.16. The SMILES string of the molecule is Cc1ccc(-n2nc(C)cc2NC(=O)COC(=O)[C@@H]2Cc3ccccc3CN2C(=O)c2ccco2)cc1. The Kier molecular flexibility index (Phi) is 6.59. The summed E-state index contributed by atoms with van der Waals surface area (Å²) in [4.78, 5) is 40.4. The number of aromatic nitrogens is 2. The molecule has 37 heavy (non-hydrogen) atoms. The minimum atomic E-state index is -0.888. The van der Waals surface area contributed by atoms with E-state index in [0.717, 1.165) is 28.1 Å². The molecule has 3 heterocycles. The van der Waals surface area contributed by atoms with E-state index >= 15 is 0 Å². The lowest BCUT2D eigenvalue weighted by Crippen LogP contribution is -2.49. The molecule has 9 heteroatoms. The summed E-state index contributed by atoms with van der Waals surface area (Å²) in [5.74, 6) is -0.990. The maximum absolute atomic E-state index is 13.1. The molecule has 9 nitrogen and oxygen atoms in total. The van der Waals surface area contributed by atoms with Crippen LogP contribution in [0.3, 0.4) is 0 Å². The Hall–Kier alpha value is -4.66. The number of hydrogen-bond acceptors (Lipinski definition) is 6. The summed E-state index contributed by atoms with van der Waals surface area (Å²) in [5, 5.41) is 7.21. The van der Waals surface area contributed by atoms with Crippen molar-refractivity contribution in [3.63, 3.8) is 0 Å². The maximum Gasteiger partial charge on any atom is 0.329 e. The number of fused-ring (bicyclic) bond motifs is 1. The van der Waals surface area contributed by atoms with Crippen LogP contribution < -0.4 is 5.32 Å². The second-order valence-corrected chi connectivity index (χ2v) is 8.97. The van der Waals surface area contributed by atoms with Crippen molar-refractivity contribution in [1.82, 2.24) is 14.7 Å². The van der Waals surface area contributed by atoms with Gasteiger partial charge in [0.05, 0.1) is 17.6 Å². The second kappa shape index (κ2) is 10.1. The lowest BCUT2D eigenvalue weighted by molar-refractivity contribution is -0.152. The summed E-state index contributed by atoms with van der Waals surface area (Å²) in [6, 6.07) is 19.4. The van der Waals surface area contributed by atoms with Gasteiger partial charge in [-0.1, -0.05) is 42.0 Å². The number of ether oxygens (including phenoxy) is 1. The Balaban J connectivity index is 1.28. The Bertz CT molecular complexity index is 1440. The first-order valence-corrected chi connectivity index (χ1v) is 11.9. The fourth-order valence-electron chi connectivity index (χ4n) is 4.37. The molecule has 188 valence electrons. The summed E-state index contributed by atoms with van der Waals surface area (Å²) in [5.41, 5.74) is 4.52. The first-order chi connectivity index (χ1) is 17.9. The molecule has 0 saturated carbocycles. The monoisotopic (exact) mass is 498 g/mol. The number of nitrogens with zero attached hydrogens (tertiary/aromatic N) is 3. The second-order valence-electron chi connectivity index (χ2n) is 8.97. The Labute approximate surface area is 213 Å². The quantitative estimate of drug-likeness (QED) is 0.405. The average molecular weight is 499 g/mol. The summed E-state index contributed by atoms with van der Waals surface area (Å²) in [7, 11) is 0. The third-order valence-corrected chi connectivity index (χ3v) is 6.24. The molecule has 1 aliphatic rings. The smallest absolute Gasteiger partial charge is 0.329 e. The number of carbonyl (C=O) groups excluding carboxylic acids is 3. The first kappa shape index (κ1) is 24.1. The van der Waals surface area contributed by atoms with E-state index in [4.69, 9.17) is 9.15 Å². The highest BCUT2D eigenvalue weighted by Crippen LogP contribution is 2.26. The molecule has 0 radical (unpaired) electrons. The number of anilines is 1. The van der Waals surface area contributed by atoms with E-state index in [-0.39, 0.29) is 18.7 Å². The largest absolute Gasteiger partial charge is 0.459 e. The predicted octanol–water partition coefficient (Wildman–Crippen LogP) is 3.83. The Morgan fingerprint density at radius 1 is 1.03 bits per heavy atom. The van der Waals surface area contributed by atoms with Gasteiger partial charge in [0.15, 0.2) is 12.4 Å². The molecule has 0 saturated heterocycles. The van der Waals surface area contributed by atoms with Gasteiger partial charge >= 0.3 is 5.97 Å². The Morgan fingerprint density at radius 2 is 1.78 bits per heavy atom. The van der Waals surface area contributed by atoms with E-state index in [0.29, 0.717) is 5.82 Å². The van der Waals surface area contributed by atoms with Crippen LogP contribution in [-0.2, 0) is 27.3 Å². The van der Waals surface area contributed by atoms with Crippen LogP contribution in [0.4, 0.5) is 5.82 Å². The van der Waals surface area contributed by atoms with Gasteiger partial charge in [-0.3, -0.25) is 9.59 Å². The molecule has 1 atom stereocenters. The van der Waals surface area contributed by atoms with Crippen molar-refractivity contribution in [2.45, 2.75) is 32.9 Å². The number of esters is 1. The summed E-state index contributed by atoms with van der Waals surface area (Å²) >= 11 is 0. The van der Waals surface area contributed by atoms with Crippen LogP contribution in [-0.4, -0.2) is 45.1 Å².